The van der Waals surface area contributed by atoms with Crippen LogP contribution in [0.5, 0.6) is 0 Å². The number of nitrogens with two attached hydrogens (primary N) is 1. The quantitative estimate of drug-likeness (QED) is 0.481. The molecule has 1 aliphatic rings. The molecule has 7 heavy (non-hydrogen) atoms. The summed E-state index contributed by atoms with van der Waals surface area (Å²) in [6.07, 6.45) is 0. The van der Waals surface area contributed by atoms with Crippen molar-refractivity contribution in [3.8, 4) is 0 Å². The minimum absolute atomic E-state index is 0.796. The largest absolute Gasteiger partial charge is 0.330 e. The summed E-state index contributed by atoms with van der Waals surface area (Å²) >= 11 is 0. The highest BCUT2D eigenvalue weighted by Crippen LogP contribution is 2.09. The molecule has 0 aromatic heterocycles. The molecule has 0 aromatic rings. The van der Waals surface area contributed by atoms with Gasteiger partial charge in [0.15, 0.2) is 0 Å². The van der Waals surface area contributed by atoms with Crippen LogP contribution in [0.25, 0.3) is 0 Å². The van der Waals surface area contributed by atoms with Crippen molar-refractivity contribution in [2.75, 3.05) is 26.7 Å². The van der Waals surface area contributed by atoms with Crippen molar-refractivity contribution in [3.63, 3.8) is 0 Å². The second-order valence-corrected chi connectivity index (χ2v) is 2.32. The molecule has 0 bridgehead atoms. The Balaban J connectivity index is 2.06. The first kappa shape index (κ1) is 5.06. The molecule has 0 atom stereocenters. The van der Waals surface area contributed by atoms with E-state index in [1.54, 1.807) is 0 Å². The Hall–Kier alpha value is -0.0800. The Morgan fingerprint density at radius 2 is 2.29 bits per heavy atom. The minimum atomic E-state index is 0.796. The first-order chi connectivity index (χ1) is 3.33. The molecule has 0 radical (unpaired) electrons. The summed E-state index contributed by atoms with van der Waals surface area (Å²) in [4.78, 5) is 2.28. The Bertz CT molecular complexity index is 57.1. The summed E-state index contributed by atoms with van der Waals surface area (Å²) in [5.74, 6) is 0.796. The maximum absolute atomic E-state index is 5.37. The first-order valence-electron chi connectivity index (χ1n) is 2.71. The van der Waals surface area contributed by atoms with Crippen LogP contribution in [0, 0.1) is 5.92 Å². The number of hydrogen-bond acceptors (Lipinski definition) is 2. The molecule has 0 unspecified atom stereocenters. The van der Waals surface area contributed by atoms with E-state index in [0.29, 0.717) is 0 Å². The van der Waals surface area contributed by atoms with Crippen molar-refractivity contribution < 1.29 is 0 Å². The zero-order chi connectivity index (χ0) is 5.28. The average molecular weight is 100 g/mol. The molecule has 1 saturated heterocycles. The zero-order valence-corrected chi connectivity index (χ0v) is 4.72. The van der Waals surface area contributed by atoms with Crippen molar-refractivity contribution in [1.29, 1.82) is 0 Å². The van der Waals surface area contributed by atoms with E-state index < -0.39 is 0 Å². The lowest BCUT2D eigenvalue weighted by atomic mass is 10.0. The molecule has 0 aromatic carbocycles. The van der Waals surface area contributed by atoms with Crippen LogP contribution < -0.4 is 5.73 Å². The number of nitrogens with zero attached hydrogens (tertiary/aromatic N) is 1. The third-order valence-corrected chi connectivity index (χ3v) is 1.47. The Morgan fingerprint density at radius 1 is 1.71 bits per heavy atom. The molecule has 1 aliphatic heterocycles. The summed E-state index contributed by atoms with van der Waals surface area (Å²) in [6, 6.07) is 0. The highest BCUT2D eigenvalue weighted by Gasteiger charge is 2.20. The molecule has 0 aliphatic carbocycles. The molecule has 1 heterocycles. The van der Waals surface area contributed by atoms with Crippen LogP contribution in [-0.2, 0) is 0 Å². The van der Waals surface area contributed by atoms with E-state index in [-0.39, 0.29) is 0 Å². The van der Waals surface area contributed by atoms with E-state index in [9.17, 15) is 0 Å². The second kappa shape index (κ2) is 1.80. The Kier molecular flexibility index (Phi) is 1.30. The molecule has 0 amide bonds. The summed E-state index contributed by atoms with van der Waals surface area (Å²) in [5, 5.41) is 0. The van der Waals surface area contributed by atoms with Crippen molar-refractivity contribution in [2.24, 2.45) is 11.7 Å². The lowest BCUT2D eigenvalue weighted by Gasteiger charge is -2.35. The van der Waals surface area contributed by atoms with Gasteiger partial charge in [0.05, 0.1) is 0 Å². The third-order valence-electron chi connectivity index (χ3n) is 1.47. The monoisotopic (exact) mass is 100 g/mol. The van der Waals surface area contributed by atoms with Crippen LogP contribution in [0.2, 0.25) is 0 Å². The summed E-state index contributed by atoms with van der Waals surface area (Å²) < 4.78 is 0. The van der Waals surface area contributed by atoms with E-state index >= 15 is 0 Å². The van der Waals surface area contributed by atoms with Gasteiger partial charge in [-0.05, 0) is 19.5 Å². The van der Waals surface area contributed by atoms with Crippen molar-refractivity contribution >= 4 is 0 Å². The molecule has 0 saturated carbocycles. The molecule has 0 spiro atoms. The Labute approximate surface area is 44.3 Å². The molecule has 2 N–H and O–H groups in total. The van der Waals surface area contributed by atoms with Gasteiger partial charge in [-0.1, -0.05) is 0 Å². The molecule has 2 heteroatoms. The highest BCUT2D eigenvalue weighted by molar-refractivity contribution is 4.76. The van der Waals surface area contributed by atoms with E-state index in [1.807, 2.05) is 0 Å². The van der Waals surface area contributed by atoms with Gasteiger partial charge in [-0.25, -0.2) is 0 Å². The fraction of sp³-hybridized carbons (Fsp3) is 1.00. The summed E-state index contributed by atoms with van der Waals surface area (Å²) in [5.41, 5.74) is 5.37. The molecular formula is C5H12N2. The smallest absolute Gasteiger partial charge is 0.00311 e. The lowest BCUT2D eigenvalue weighted by molar-refractivity contribution is 0.141. The summed E-state index contributed by atoms with van der Waals surface area (Å²) in [6.45, 7) is 3.28. The van der Waals surface area contributed by atoms with Gasteiger partial charge in [0.25, 0.3) is 0 Å². The first-order valence-corrected chi connectivity index (χ1v) is 2.71. The van der Waals surface area contributed by atoms with Gasteiger partial charge < -0.3 is 10.6 Å². The maximum atomic E-state index is 5.37. The normalized spacial score (nSPS) is 24.9. The van der Waals surface area contributed by atoms with E-state index in [1.165, 1.54) is 13.1 Å². The van der Waals surface area contributed by atoms with E-state index in [0.717, 1.165) is 12.5 Å². The van der Waals surface area contributed by atoms with Gasteiger partial charge in [-0.3, -0.25) is 0 Å². The van der Waals surface area contributed by atoms with Gasteiger partial charge in [0.2, 0.25) is 0 Å². The number of hydrogen-bond donors (Lipinski definition) is 1. The molecule has 1 fully saturated rings. The van der Waals surface area contributed by atoms with E-state index in [4.69, 9.17) is 5.73 Å². The van der Waals surface area contributed by atoms with Crippen molar-refractivity contribution in [2.45, 2.75) is 0 Å². The van der Waals surface area contributed by atoms with Gasteiger partial charge in [0.1, 0.15) is 0 Å². The SMILES string of the molecule is CN1CC(CN)C1. The highest BCUT2D eigenvalue weighted by atomic mass is 15.2. The zero-order valence-electron chi connectivity index (χ0n) is 4.72. The predicted octanol–water partition coefficient (Wildman–Crippen LogP) is -0.493. The van der Waals surface area contributed by atoms with Crippen LogP contribution in [-0.4, -0.2) is 31.6 Å². The second-order valence-electron chi connectivity index (χ2n) is 2.32. The topological polar surface area (TPSA) is 29.3 Å². The molecule has 1 rings (SSSR count). The third kappa shape index (κ3) is 0.924. The minimum Gasteiger partial charge on any atom is -0.330 e. The summed E-state index contributed by atoms with van der Waals surface area (Å²) in [7, 11) is 2.12. The molecular weight excluding hydrogens is 88.1 g/mol. The van der Waals surface area contributed by atoms with Crippen LogP contribution in [0.15, 0.2) is 0 Å². The predicted molar refractivity (Wildman–Crippen MR) is 30.0 cm³/mol. The van der Waals surface area contributed by atoms with Crippen LogP contribution in [0.1, 0.15) is 0 Å². The van der Waals surface area contributed by atoms with Crippen LogP contribution in [0.3, 0.4) is 0 Å². The molecule has 42 valence electrons. The van der Waals surface area contributed by atoms with Crippen LogP contribution >= 0.6 is 0 Å². The maximum Gasteiger partial charge on any atom is 0.00311 e. The van der Waals surface area contributed by atoms with Gasteiger partial charge in [-0.2, -0.15) is 0 Å². The fourth-order valence-electron chi connectivity index (χ4n) is 0.977. The number of rotatable bonds is 1. The average Bonchev–Trinajstić information content (AvgIpc) is 1.58. The molecule has 2 nitrogen and oxygen atoms in total. The van der Waals surface area contributed by atoms with E-state index in [2.05, 4.69) is 11.9 Å². The lowest BCUT2D eigenvalue weighted by Crippen LogP contribution is -2.47. The number of likely N-dealkylation sites (tertiary alicyclic amines) is 1. The Morgan fingerprint density at radius 3 is 2.43 bits per heavy atom. The van der Waals surface area contributed by atoms with Gasteiger partial charge in [0, 0.05) is 13.1 Å². The van der Waals surface area contributed by atoms with Crippen molar-refractivity contribution in [1.82, 2.24) is 4.90 Å². The van der Waals surface area contributed by atoms with Crippen LogP contribution in [0.4, 0.5) is 0 Å². The van der Waals surface area contributed by atoms with Crippen molar-refractivity contribution in [3.05, 3.63) is 0 Å². The standard InChI is InChI=1S/C5H12N2/c1-7-3-5(2-6)4-7/h5H,2-4,6H2,1H3. The fourth-order valence-corrected chi connectivity index (χ4v) is 0.977. The van der Waals surface area contributed by atoms with Gasteiger partial charge in [-0.15, -0.1) is 0 Å². The van der Waals surface area contributed by atoms with Gasteiger partial charge >= 0.3 is 0 Å².